The Morgan fingerprint density at radius 3 is 2.04 bits per heavy atom. The SMILES string of the molecule is CC(C)(C)c1ccc(CN2CCN(Cc3ccc([N+](=O)[O-])o3)CC2)cc1. The first-order valence-corrected chi connectivity index (χ1v) is 9.08. The van der Waals surface area contributed by atoms with E-state index in [2.05, 4.69) is 54.8 Å². The van der Waals surface area contributed by atoms with Crippen LogP contribution in [0.3, 0.4) is 0 Å². The second kappa shape index (κ2) is 7.60. The molecular formula is C20H27N3O3. The van der Waals surface area contributed by atoms with Crippen molar-refractivity contribution in [3.8, 4) is 0 Å². The van der Waals surface area contributed by atoms with Crippen LogP contribution in [0.1, 0.15) is 37.7 Å². The first kappa shape index (κ1) is 18.6. The van der Waals surface area contributed by atoms with Gasteiger partial charge < -0.3 is 4.42 Å². The molecule has 1 aliphatic rings. The Kier molecular flexibility index (Phi) is 5.44. The smallest absolute Gasteiger partial charge is 0.404 e. The van der Waals surface area contributed by atoms with E-state index in [0.29, 0.717) is 12.3 Å². The molecule has 3 rings (SSSR count). The van der Waals surface area contributed by atoms with Crippen molar-refractivity contribution < 1.29 is 9.34 Å². The highest BCUT2D eigenvalue weighted by Crippen LogP contribution is 2.23. The van der Waals surface area contributed by atoms with Crippen molar-refractivity contribution in [1.82, 2.24) is 9.80 Å². The fraction of sp³-hybridized carbons (Fsp3) is 0.500. The van der Waals surface area contributed by atoms with Crippen LogP contribution in [-0.4, -0.2) is 40.9 Å². The summed E-state index contributed by atoms with van der Waals surface area (Å²) in [6.45, 7) is 12.1. The molecule has 1 fully saturated rings. The summed E-state index contributed by atoms with van der Waals surface area (Å²) in [5.74, 6) is 0.472. The van der Waals surface area contributed by atoms with E-state index in [1.165, 1.54) is 17.2 Å². The van der Waals surface area contributed by atoms with Crippen molar-refractivity contribution in [2.75, 3.05) is 26.2 Å². The second-order valence-electron chi connectivity index (χ2n) is 8.00. The molecule has 0 N–H and O–H groups in total. The Bertz CT molecular complexity index is 738. The zero-order valence-corrected chi connectivity index (χ0v) is 15.8. The molecule has 1 aromatic carbocycles. The van der Waals surface area contributed by atoms with Crippen molar-refractivity contribution in [3.05, 3.63) is 63.4 Å². The lowest BCUT2D eigenvalue weighted by Gasteiger charge is -2.34. The fourth-order valence-corrected chi connectivity index (χ4v) is 3.24. The van der Waals surface area contributed by atoms with Crippen molar-refractivity contribution in [2.45, 2.75) is 39.3 Å². The number of benzene rings is 1. The number of hydrogen-bond donors (Lipinski definition) is 0. The molecule has 0 radical (unpaired) electrons. The molecule has 6 nitrogen and oxygen atoms in total. The van der Waals surface area contributed by atoms with Gasteiger partial charge in [-0.25, -0.2) is 0 Å². The predicted molar refractivity (Wildman–Crippen MR) is 101 cm³/mol. The van der Waals surface area contributed by atoms with E-state index in [1.807, 2.05) is 0 Å². The maximum absolute atomic E-state index is 10.7. The van der Waals surface area contributed by atoms with Gasteiger partial charge in [0.2, 0.25) is 0 Å². The minimum absolute atomic E-state index is 0.183. The van der Waals surface area contributed by atoms with Gasteiger partial charge in [-0.3, -0.25) is 19.9 Å². The fourth-order valence-electron chi connectivity index (χ4n) is 3.24. The highest BCUT2D eigenvalue weighted by atomic mass is 16.6. The highest BCUT2D eigenvalue weighted by Gasteiger charge is 2.20. The number of nitrogens with zero attached hydrogens (tertiary/aromatic N) is 3. The molecule has 1 saturated heterocycles. The van der Waals surface area contributed by atoms with Gasteiger partial charge in [0.15, 0.2) is 0 Å². The topological polar surface area (TPSA) is 62.8 Å². The molecule has 2 aromatic rings. The van der Waals surface area contributed by atoms with E-state index < -0.39 is 4.92 Å². The van der Waals surface area contributed by atoms with Gasteiger partial charge in [0.1, 0.15) is 10.7 Å². The standard InChI is InChI=1S/C20H27N3O3/c1-20(2,3)17-6-4-16(5-7-17)14-21-10-12-22(13-11-21)15-18-8-9-19(26-18)23(24)25/h4-9H,10-15H2,1-3H3. The third-order valence-corrected chi connectivity index (χ3v) is 4.90. The number of piperazine rings is 1. The first-order valence-electron chi connectivity index (χ1n) is 9.08. The minimum atomic E-state index is -0.494. The van der Waals surface area contributed by atoms with Crippen molar-refractivity contribution in [3.63, 3.8) is 0 Å². The Hall–Kier alpha value is -2.18. The molecule has 1 aromatic heterocycles. The van der Waals surface area contributed by atoms with E-state index in [1.54, 1.807) is 6.07 Å². The van der Waals surface area contributed by atoms with E-state index in [9.17, 15) is 10.1 Å². The van der Waals surface area contributed by atoms with Crippen molar-refractivity contribution >= 4 is 5.88 Å². The number of rotatable bonds is 5. The van der Waals surface area contributed by atoms with Crippen LogP contribution in [0.2, 0.25) is 0 Å². The zero-order chi connectivity index (χ0) is 18.7. The summed E-state index contributed by atoms with van der Waals surface area (Å²) in [6.07, 6.45) is 0. The van der Waals surface area contributed by atoms with Gasteiger partial charge in [0, 0.05) is 32.7 Å². The lowest BCUT2D eigenvalue weighted by molar-refractivity contribution is -0.402. The number of furan rings is 1. The molecule has 1 aliphatic heterocycles. The van der Waals surface area contributed by atoms with Gasteiger partial charge in [-0.1, -0.05) is 45.0 Å². The largest absolute Gasteiger partial charge is 0.433 e. The molecule has 0 spiro atoms. The Morgan fingerprint density at radius 2 is 1.54 bits per heavy atom. The van der Waals surface area contributed by atoms with Crippen molar-refractivity contribution in [1.29, 1.82) is 0 Å². The first-order chi connectivity index (χ1) is 12.3. The molecular weight excluding hydrogens is 330 g/mol. The molecule has 0 unspecified atom stereocenters. The van der Waals surface area contributed by atoms with E-state index in [-0.39, 0.29) is 11.3 Å². The zero-order valence-electron chi connectivity index (χ0n) is 15.8. The van der Waals surface area contributed by atoms with Crippen LogP contribution < -0.4 is 0 Å². The van der Waals surface area contributed by atoms with Gasteiger partial charge >= 0.3 is 5.88 Å². The average Bonchev–Trinajstić information content (AvgIpc) is 3.05. The summed E-state index contributed by atoms with van der Waals surface area (Å²) in [5, 5.41) is 10.7. The van der Waals surface area contributed by atoms with E-state index >= 15 is 0 Å². The van der Waals surface area contributed by atoms with Gasteiger partial charge in [-0.2, -0.15) is 0 Å². The molecule has 0 aliphatic carbocycles. The maximum atomic E-state index is 10.7. The van der Waals surface area contributed by atoms with Crippen LogP contribution in [0.4, 0.5) is 5.88 Å². The van der Waals surface area contributed by atoms with Crippen LogP contribution in [-0.2, 0) is 18.5 Å². The van der Waals surface area contributed by atoms with Crippen molar-refractivity contribution in [2.24, 2.45) is 0 Å². The number of hydrogen-bond acceptors (Lipinski definition) is 5. The molecule has 6 heteroatoms. The average molecular weight is 357 g/mol. The van der Waals surface area contributed by atoms with E-state index in [4.69, 9.17) is 4.42 Å². The maximum Gasteiger partial charge on any atom is 0.433 e. The highest BCUT2D eigenvalue weighted by molar-refractivity contribution is 5.27. The summed E-state index contributed by atoms with van der Waals surface area (Å²) >= 11 is 0. The normalized spacial score (nSPS) is 16.7. The molecule has 140 valence electrons. The van der Waals surface area contributed by atoms with Crippen LogP contribution in [0.15, 0.2) is 40.8 Å². The molecule has 0 atom stereocenters. The third-order valence-electron chi connectivity index (χ3n) is 4.90. The number of nitro groups is 1. The lowest BCUT2D eigenvalue weighted by Crippen LogP contribution is -2.45. The molecule has 0 bridgehead atoms. The van der Waals surface area contributed by atoms with Crippen LogP contribution in [0, 0.1) is 10.1 Å². The van der Waals surface area contributed by atoms with Crippen LogP contribution >= 0.6 is 0 Å². The molecule has 0 saturated carbocycles. The Balaban J connectivity index is 1.48. The predicted octanol–water partition coefficient (Wildman–Crippen LogP) is 3.80. The summed E-state index contributed by atoms with van der Waals surface area (Å²) in [5.41, 5.74) is 2.89. The summed E-state index contributed by atoms with van der Waals surface area (Å²) in [7, 11) is 0. The summed E-state index contributed by atoms with van der Waals surface area (Å²) < 4.78 is 5.25. The third kappa shape index (κ3) is 4.71. The summed E-state index contributed by atoms with van der Waals surface area (Å²) in [6, 6.07) is 12.0. The second-order valence-corrected chi connectivity index (χ2v) is 8.00. The monoisotopic (exact) mass is 357 g/mol. The molecule has 26 heavy (non-hydrogen) atoms. The molecule has 2 heterocycles. The van der Waals surface area contributed by atoms with E-state index in [0.717, 1.165) is 32.7 Å². The van der Waals surface area contributed by atoms with Gasteiger partial charge in [0.25, 0.3) is 0 Å². The quantitative estimate of drug-likeness (QED) is 0.601. The van der Waals surface area contributed by atoms with Gasteiger partial charge in [-0.15, -0.1) is 0 Å². The Morgan fingerprint density at radius 1 is 0.962 bits per heavy atom. The van der Waals surface area contributed by atoms with Crippen LogP contribution in [0.25, 0.3) is 0 Å². The lowest BCUT2D eigenvalue weighted by atomic mass is 9.87. The van der Waals surface area contributed by atoms with Crippen LogP contribution in [0.5, 0.6) is 0 Å². The Labute approximate surface area is 154 Å². The van der Waals surface area contributed by atoms with Gasteiger partial charge in [0.05, 0.1) is 12.6 Å². The minimum Gasteiger partial charge on any atom is -0.404 e. The van der Waals surface area contributed by atoms with Gasteiger partial charge in [-0.05, 0) is 22.6 Å². The molecule has 0 amide bonds. The summed E-state index contributed by atoms with van der Waals surface area (Å²) in [4.78, 5) is 14.9.